The molecular weight excluding hydrogens is 354 g/mol. The summed E-state index contributed by atoms with van der Waals surface area (Å²) in [4.78, 5) is 15.5. The number of carbonyl (C=O) groups is 1. The number of rotatable bonds is 8. The van der Waals surface area contributed by atoms with E-state index in [-0.39, 0.29) is 23.5 Å². The van der Waals surface area contributed by atoms with Crippen LogP contribution in [0.25, 0.3) is 0 Å². The SMILES string of the molecule is CCOC1CC(N)(C(=O)NCC(c2ccc(OC)cc2)N2CCCC2)C1(C)C. The summed E-state index contributed by atoms with van der Waals surface area (Å²) in [5, 5.41) is 3.16. The fraction of sp³-hybridized carbons (Fsp3) is 0.682. The van der Waals surface area contributed by atoms with E-state index in [1.165, 1.54) is 18.4 Å². The van der Waals surface area contributed by atoms with Gasteiger partial charge in [-0.25, -0.2) is 0 Å². The van der Waals surface area contributed by atoms with Crippen molar-refractivity contribution in [2.75, 3.05) is 33.4 Å². The van der Waals surface area contributed by atoms with Crippen LogP contribution in [0.2, 0.25) is 0 Å². The van der Waals surface area contributed by atoms with Crippen LogP contribution in [0.4, 0.5) is 0 Å². The van der Waals surface area contributed by atoms with Gasteiger partial charge in [0.25, 0.3) is 0 Å². The number of nitrogens with zero attached hydrogens (tertiary/aromatic N) is 1. The van der Waals surface area contributed by atoms with Crippen LogP contribution in [0.15, 0.2) is 24.3 Å². The summed E-state index contributed by atoms with van der Waals surface area (Å²) < 4.78 is 11.0. The molecule has 1 saturated heterocycles. The Balaban J connectivity index is 1.68. The molecular formula is C22H35N3O3. The molecule has 1 aliphatic carbocycles. The van der Waals surface area contributed by atoms with Crippen molar-refractivity contribution in [2.24, 2.45) is 11.1 Å². The highest BCUT2D eigenvalue weighted by Crippen LogP contribution is 2.49. The van der Waals surface area contributed by atoms with Crippen LogP contribution in [-0.4, -0.2) is 55.8 Å². The number of likely N-dealkylation sites (tertiary alicyclic amines) is 1. The second kappa shape index (κ2) is 8.39. The summed E-state index contributed by atoms with van der Waals surface area (Å²) in [6, 6.07) is 8.28. The lowest BCUT2D eigenvalue weighted by molar-refractivity contribution is -0.170. The van der Waals surface area contributed by atoms with Gasteiger partial charge < -0.3 is 20.5 Å². The maximum Gasteiger partial charge on any atom is 0.240 e. The van der Waals surface area contributed by atoms with E-state index in [2.05, 4.69) is 22.3 Å². The molecule has 1 saturated carbocycles. The molecule has 3 unspecified atom stereocenters. The van der Waals surface area contributed by atoms with Crippen molar-refractivity contribution < 1.29 is 14.3 Å². The summed E-state index contributed by atoms with van der Waals surface area (Å²) in [5.41, 5.74) is 6.46. The third-order valence-corrected chi connectivity index (χ3v) is 6.77. The Labute approximate surface area is 168 Å². The first-order valence-electron chi connectivity index (χ1n) is 10.4. The number of methoxy groups -OCH3 is 1. The van der Waals surface area contributed by atoms with Crippen molar-refractivity contribution in [3.8, 4) is 5.75 Å². The van der Waals surface area contributed by atoms with E-state index in [0.29, 0.717) is 19.6 Å². The van der Waals surface area contributed by atoms with Crippen molar-refractivity contribution in [1.82, 2.24) is 10.2 Å². The Morgan fingerprint density at radius 1 is 1.29 bits per heavy atom. The van der Waals surface area contributed by atoms with E-state index in [1.54, 1.807) is 7.11 Å². The van der Waals surface area contributed by atoms with Gasteiger partial charge in [-0.1, -0.05) is 26.0 Å². The fourth-order valence-corrected chi connectivity index (χ4v) is 4.50. The molecule has 1 amide bonds. The van der Waals surface area contributed by atoms with E-state index >= 15 is 0 Å². The molecule has 1 aromatic rings. The third kappa shape index (κ3) is 3.78. The largest absolute Gasteiger partial charge is 0.497 e. The molecule has 156 valence electrons. The predicted octanol–water partition coefficient (Wildman–Crippen LogP) is 2.48. The average molecular weight is 390 g/mol. The molecule has 28 heavy (non-hydrogen) atoms. The maximum absolute atomic E-state index is 13.0. The zero-order chi connectivity index (χ0) is 20.4. The minimum atomic E-state index is -0.887. The third-order valence-electron chi connectivity index (χ3n) is 6.77. The fourth-order valence-electron chi connectivity index (χ4n) is 4.50. The van der Waals surface area contributed by atoms with Crippen molar-refractivity contribution >= 4 is 5.91 Å². The molecule has 1 aliphatic heterocycles. The number of benzene rings is 1. The minimum absolute atomic E-state index is 0.0317. The Hall–Kier alpha value is -1.63. The number of carbonyl (C=O) groups excluding carboxylic acids is 1. The topological polar surface area (TPSA) is 76.8 Å². The Morgan fingerprint density at radius 2 is 1.93 bits per heavy atom. The molecule has 6 nitrogen and oxygen atoms in total. The summed E-state index contributed by atoms with van der Waals surface area (Å²) in [6.07, 6.45) is 3.00. The van der Waals surface area contributed by atoms with Crippen molar-refractivity contribution in [3.63, 3.8) is 0 Å². The second-order valence-electron chi connectivity index (χ2n) is 8.58. The zero-order valence-corrected chi connectivity index (χ0v) is 17.7. The van der Waals surface area contributed by atoms with Crippen LogP contribution >= 0.6 is 0 Å². The zero-order valence-electron chi connectivity index (χ0n) is 17.7. The van der Waals surface area contributed by atoms with Gasteiger partial charge in [0.2, 0.25) is 5.91 Å². The Bertz CT molecular complexity index is 670. The van der Waals surface area contributed by atoms with E-state index in [9.17, 15) is 4.79 Å². The number of nitrogens with two attached hydrogens (primary N) is 1. The molecule has 0 spiro atoms. The summed E-state index contributed by atoms with van der Waals surface area (Å²) in [5.74, 6) is 0.762. The van der Waals surface area contributed by atoms with Gasteiger partial charge in [0.1, 0.15) is 11.3 Å². The predicted molar refractivity (Wildman–Crippen MR) is 110 cm³/mol. The molecule has 3 rings (SSSR count). The standard InChI is InChI=1S/C22H35N3O3/c1-5-28-19-14-22(23,21(19,2)3)20(26)24-15-18(25-12-6-7-13-25)16-8-10-17(27-4)11-9-16/h8-11,18-19H,5-7,12-15,23H2,1-4H3,(H,24,26). The molecule has 0 bridgehead atoms. The molecule has 3 N–H and O–H groups in total. The van der Waals surface area contributed by atoms with Crippen LogP contribution < -0.4 is 15.8 Å². The lowest BCUT2D eigenvalue weighted by atomic mass is 9.54. The average Bonchev–Trinajstić information content (AvgIpc) is 3.22. The van der Waals surface area contributed by atoms with Crippen molar-refractivity contribution in [1.29, 1.82) is 0 Å². The Kier molecular flexibility index (Phi) is 6.32. The van der Waals surface area contributed by atoms with Gasteiger partial charge in [0, 0.05) is 25.0 Å². The van der Waals surface area contributed by atoms with Crippen LogP contribution in [-0.2, 0) is 9.53 Å². The number of ether oxygens (including phenoxy) is 2. The van der Waals surface area contributed by atoms with E-state index in [1.807, 2.05) is 32.9 Å². The number of nitrogens with one attached hydrogen (secondary N) is 1. The van der Waals surface area contributed by atoms with Gasteiger partial charge in [-0.15, -0.1) is 0 Å². The van der Waals surface area contributed by atoms with E-state index in [4.69, 9.17) is 15.2 Å². The molecule has 0 radical (unpaired) electrons. The van der Waals surface area contributed by atoms with Gasteiger partial charge in [-0.05, 0) is 50.6 Å². The van der Waals surface area contributed by atoms with Crippen LogP contribution in [0, 0.1) is 5.41 Å². The molecule has 1 aromatic carbocycles. The normalized spacial score (nSPS) is 27.8. The highest BCUT2D eigenvalue weighted by Gasteiger charge is 2.62. The molecule has 1 heterocycles. The number of amides is 1. The van der Waals surface area contributed by atoms with Gasteiger partial charge in [-0.3, -0.25) is 9.69 Å². The molecule has 2 aliphatic rings. The lowest BCUT2D eigenvalue weighted by Gasteiger charge is -2.57. The van der Waals surface area contributed by atoms with Crippen molar-refractivity contribution in [2.45, 2.75) is 57.7 Å². The monoisotopic (exact) mass is 389 g/mol. The maximum atomic E-state index is 13.0. The lowest BCUT2D eigenvalue weighted by Crippen LogP contribution is -2.76. The van der Waals surface area contributed by atoms with E-state index in [0.717, 1.165) is 18.8 Å². The number of hydrogen-bond acceptors (Lipinski definition) is 5. The first-order chi connectivity index (χ1) is 13.3. The second-order valence-corrected chi connectivity index (χ2v) is 8.58. The first kappa shape index (κ1) is 21.1. The molecule has 6 heteroatoms. The molecule has 3 atom stereocenters. The van der Waals surface area contributed by atoms with Gasteiger partial charge in [-0.2, -0.15) is 0 Å². The van der Waals surface area contributed by atoms with Gasteiger partial charge in [0.15, 0.2) is 0 Å². The Morgan fingerprint density at radius 3 is 2.46 bits per heavy atom. The quantitative estimate of drug-likeness (QED) is 0.714. The smallest absolute Gasteiger partial charge is 0.240 e. The van der Waals surface area contributed by atoms with E-state index < -0.39 is 5.54 Å². The number of hydrogen-bond donors (Lipinski definition) is 2. The van der Waals surface area contributed by atoms with Crippen LogP contribution in [0.1, 0.15) is 51.6 Å². The molecule has 2 fully saturated rings. The van der Waals surface area contributed by atoms with Gasteiger partial charge in [0.05, 0.1) is 19.3 Å². The highest BCUT2D eigenvalue weighted by atomic mass is 16.5. The first-order valence-corrected chi connectivity index (χ1v) is 10.4. The summed E-state index contributed by atoms with van der Waals surface area (Å²) >= 11 is 0. The highest BCUT2D eigenvalue weighted by molar-refractivity contribution is 5.88. The van der Waals surface area contributed by atoms with Gasteiger partial charge >= 0.3 is 0 Å². The van der Waals surface area contributed by atoms with Crippen LogP contribution in [0.3, 0.4) is 0 Å². The minimum Gasteiger partial charge on any atom is -0.497 e. The summed E-state index contributed by atoms with van der Waals surface area (Å²) in [7, 11) is 1.67. The molecule has 0 aromatic heterocycles. The van der Waals surface area contributed by atoms with Crippen molar-refractivity contribution in [3.05, 3.63) is 29.8 Å². The summed E-state index contributed by atoms with van der Waals surface area (Å²) in [6.45, 7) is 9.33. The van der Waals surface area contributed by atoms with Crippen LogP contribution in [0.5, 0.6) is 5.75 Å².